The van der Waals surface area contributed by atoms with Crippen LogP contribution in [0.3, 0.4) is 0 Å². The molecule has 3 nitrogen and oxygen atoms in total. The molecule has 0 amide bonds. The third kappa shape index (κ3) is 3.58. The van der Waals surface area contributed by atoms with E-state index >= 15 is 0 Å². The number of rotatable bonds is 5. The van der Waals surface area contributed by atoms with Gasteiger partial charge in [-0.05, 0) is 41.5 Å². The highest BCUT2D eigenvalue weighted by molar-refractivity contribution is 14.1. The number of hydrogen-bond acceptors (Lipinski definition) is 4. The lowest BCUT2D eigenvalue weighted by Gasteiger charge is -2.11. The fraction of sp³-hybridized carbons (Fsp3) is 0.385. The quantitative estimate of drug-likeness (QED) is 0.720. The van der Waals surface area contributed by atoms with E-state index in [1.807, 2.05) is 11.4 Å². The third-order valence-corrected chi connectivity index (χ3v) is 4.99. The lowest BCUT2D eigenvalue weighted by atomic mass is 10.3. The second-order valence-electron chi connectivity index (χ2n) is 4.07. The summed E-state index contributed by atoms with van der Waals surface area (Å²) >= 11 is 9.86. The van der Waals surface area contributed by atoms with Gasteiger partial charge in [-0.15, -0.1) is 11.3 Å². The highest BCUT2D eigenvalue weighted by Crippen LogP contribution is 2.30. The van der Waals surface area contributed by atoms with Crippen molar-refractivity contribution in [3.05, 3.63) is 25.7 Å². The van der Waals surface area contributed by atoms with Gasteiger partial charge in [0.25, 0.3) is 0 Å². The molecule has 0 spiro atoms. The standard InChI is InChI=1S/C13H15ClIN3S/c1-3-5-16-13-11(15)9(4-2)17-12(18-13)10-6-8(14)7-19-10/h6-7H,3-5H2,1-2H3,(H,16,17,18). The Morgan fingerprint density at radius 3 is 2.74 bits per heavy atom. The van der Waals surface area contributed by atoms with Crippen molar-refractivity contribution in [3.63, 3.8) is 0 Å². The first-order chi connectivity index (χ1) is 9.15. The maximum Gasteiger partial charge on any atom is 0.171 e. The van der Waals surface area contributed by atoms with E-state index in [1.54, 1.807) is 11.3 Å². The summed E-state index contributed by atoms with van der Waals surface area (Å²) in [6.07, 6.45) is 1.97. The van der Waals surface area contributed by atoms with Crippen LogP contribution in [0.4, 0.5) is 5.82 Å². The Morgan fingerprint density at radius 2 is 2.16 bits per heavy atom. The van der Waals surface area contributed by atoms with Crippen LogP contribution >= 0.6 is 45.5 Å². The molecule has 0 bridgehead atoms. The third-order valence-electron chi connectivity index (χ3n) is 2.59. The first-order valence-corrected chi connectivity index (χ1v) is 8.54. The SMILES string of the molecule is CCCNc1nc(-c2cc(Cl)cs2)nc(CC)c1I. The average molecular weight is 408 g/mol. The molecule has 0 fully saturated rings. The zero-order chi connectivity index (χ0) is 13.8. The normalized spacial score (nSPS) is 10.7. The van der Waals surface area contributed by atoms with E-state index in [2.05, 4.69) is 51.7 Å². The number of nitrogens with zero attached hydrogens (tertiary/aromatic N) is 2. The molecule has 0 saturated heterocycles. The van der Waals surface area contributed by atoms with Crippen molar-refractivity contribution in [2.45, 2.75) is 26.7 Å². The fourth-order valence-electron chi connectivity index (χ4n) is 1.63. The van der Waals surface area contributed by atoms with Gasteiger partial charge in [-0.2, -0.15) is 0 Å². The summed E-state index contributed by atoms with van der Waals surface area (Å²) in [4.78, 5) is 10.3. The number of thiophene rings is 1. The van der Waals surface area contributed by atoms with Crippen LogP contribution < -0.4 is 5.32 Å². The van der Waals surface area contributed by atoms with Gasteiger partial charge in [-0.1, -0.05) is 25.4 Å². The first-order valence-electron chi connectivity index (χ1n) is 6.20. The topological polar surface area (TPSA) is 37.8 Å². The van der Waals surface area contributed by atoms with E-state index in [0.29, 0.717) is 0 Å². The van der Waals surface area contributed by atoms with Gasteiger partial charge in [0.15, 0.2) is 5.82 Å². The van der Waals surface area contributed by atoms with Crippen molar-refractivity contribution < 1.29 is 0 Å². The maximum atomic E-state index is 5.98. The van der Waals surface area contributed by atoms with E-state index in [0.717, 1.165) is 50.2 Å². The molecule has 2 heterocycles. The Balaban J connectivity index is 2.44. The van der Waals surface area contributed by atoms with Gasteiger partial charge in [0.05, 0.1) is 19.2 Å². The van der Waals surface area contributed by atoms with Gasteiger partial charge < -0.3 is 5.32 Å². The summed E-state index contributed by atoms with van der Waals surface area (Å²) in [7, 11) is 0. The van der Waals surface area contributed by atoms with Crippen molar-refractivity contribution in [2.75, 3.05) is 11.9 Å². The summed E-state index contributed by atoms with van der Waals surface area (Å²) < 4.78 is 1.11. The summed E-state index contributed by atoms with van der Waals surface area (Å²) in [5, 5.41) is 6.01. The molecular weight excluding hydrogens is 393 g/mol. The van der Waals surface area contributed by atoms with E-state index < -0.39 is 0 Å². The molecule has 6 heteroatoms. The van der Waals surface area contributed by atoms with Crippen LogP contribution in [0.15, 0.2) is 11.4 Å². The van der Waals surface area contributed by atoms with Crippen molar-refractivity contribution in [3.8, 4) is 10.7 Å². The Kier molecular flexibility index (Phi) is 5.41. The highest BCUT2D eigenvalue weighted by Gasteiger charge is 2.13. The van der Waals surface area contributed by atoms with E-state index in [4.69, 9.17) is 11.6 Å². The van der Waals surface area contributed by atoms with Crippen LogP contribution in [0.25, 0.3) is 10.7 Å². The van der Waals surface area contributed by atoms with Gasteiger partial charge in [0.2, 0.25) is 0 Å². The van der Waals surface area contributed by atoms with Crippen LogP contribution in [-0.4, -0.2) is 16.5 Å². The Hall–Kier alpha value is -0.400. The number of anilines is 1. The number of nitrogens with one attached hydrogen (secondary N) is 1. The second-order valence-corrected chi connectivity index (χ2v) is 6.49. The molecule has 0 saturated carbocycles. The van der Waals surface area contributed by atoms with Crippen molar-refractivity contribution in [2.24, 2.45) is 0 Å². The van der Waals surface area contributed by atoms with Crippen molar-refractivity contribution >= 4 is 51.3 Å². The minimum absolute atomic E-state index is 0.739. The van der Waals surface area contributed by atoms with E-state index in [-0.39, 0.29) is 0 Å². The molecule has 19 heavy (non-hydrogen) atoms. The molecule has 2 aromatic heterocycles. The minimum Gasteiger partial charge on any atom is -0.369 e. The summed E-state index contributed by atoms with van der Waals surface area (Å²) in [6.45, 7) is 5.17. The van der Waals surface area contributed by atoms with Gasteiger partial charge in [0, 0.05) is 11.9 Å². The monoisotopic (exact) mass is 407 g/mol. The average Bonchev–Trinajstić information content (AvgIpc) is 2.84. The van der Waals surface area contributed by atoms with Crippen molar-refractivity contribution in [1.29, 1.82) is 0 Å². The zero-order valence-electron chi connectivity index (χ0n) is 10.8. The van der Waals surface area contributed by atoms with Crippen LogP contribution in [0, 0.1) is 3.57 Å². The lowest BCUT2D eigenvalue weighted by molar-refractivity contribution is 0.944. The molecule has 0 aliphatic rings. The number of hydrogen-bond donors (Lipinski definition) is 1. The van der Waals surface area contributed by atoms with Crippen LogP contribution in [0.1, 0.15) is 26.0 Å². The zero-order valence-corrected chi connectivity index (χ0v) is 14.6. The lowest BCUT2D eigenvalue weighted by Crippen LogP contribution is -2.08. The number of aromatic nitrogens is 2. The van der Waals surface area contributed by atoms with E-state index in [1.165, 1.54) is 0 Å². The van der Waals surface area contributed by atoms with Gasteiger partial charge in [-0.25, -0.2) is 9.97 Å². The summed E-state index contributed by atoms with van der Waals surface area (Å²) in [6, 6.07) is 1.91. The molecule has 0 aliphatic heterocycles. The Bertz CT molecular complexity index is 571. The highest BCUT2D eigenvalue weighted by atomic mass is 127. The molecule has 0 radical (unpaired) electrons. The molecule has 0 aliphatic carbocycles. The van der Waals surface area contributed by atoms with Gasteiger partial charge >= 0.3 is 0 Å². The molecule has 0 aromatic carbocycles. The first kappa shape index (κ1) is 15.0. The smallest absolute Gasteiger partial charge is 0.171 e. The van der Waals surface area contributed by atoms with E-state index in [9.17, 15) is 0 Å². The number of aryl methyl sites for hydroxylation is 1. The predicted octanol–water partition coefficient (Wildman–Crippen LogP) is 4.85. The van der Waals surface area contributed by atoms with Gasteiger partial charge in [-0.3, -0.25) is 0 Å². The summed E-state index contributed by atoms with van der Waals surface area (Å²) in [5.41, 5.74) is 1.08. The molecule has 1 N–H and O–H groups in total. The number of halogens is 2. The minimum atomic E-state index is 0.739. The van der Waals surface area contributed by atoms with Gasteiger partial charge in [0.1, 0.15) is 5.82 Å². The molecule has 0 atom stereocenters. The van der Waals surface area contributed by atoms with Crippen LogP contribution in [0.5, 0.6) is 0 Å². The second kappa shape index (κ2) is 6.85. The van der Waals surface area contributed by atoms with Crippen LogP contribution in [0.2, 0.25) is 5.02 Å². The van der Waals surface area contributed by atoms with Crippen molar-refractivity contribution in [1.82, 2.24) is 9.97 Å². The molecule has 2 aromatic rings. The maximum absolute atomic E-state index is 5.98. The predicted molar refractivity (Wildman–Crippen MR) is 91.2 cm³/mol. The summed E-state index contributed by atoms with van der Waals surface area (Å²) in [5.74, 6) is 1.68. The Morgan fingerprint density at radius 1 is 1.37 bits per heavy atom. The molecule has 102 valence electrons. The fourth-order valence-corrected chi connectivity index (χ4v) is 3.45. The Labute approximate surface area is 136 Å². The molecular formula is C13H15ClIN3S. The molecule has 0 unspecified atom stereocenters. The molecule has 2 rings (SSSR count). The van der Waals surface area contributed by atoms with Crippen LogP contribution in [-0.2, 0) is 6.42 Å². The largest absolute Gasteiger partial charge is 0.369 e.